The molecule has 0 saturated heterocycles. The van der Waals surface area contributed by atoms with Crippen LogP contribution in [0.2, 0.25) is 0 Å². The molecule has 0 spiro atoms. The summed E-state index contributed by atoms with van der Waals surface area (Å²) in [4.78, 5) is 12.0. The molecule has 0 fully saturated rings. The van der Waals surface area contributed by atoms with Crippen LogP contribution in [0.4, 0.5) is 5.69 Å². The predicted molar refractivity (Wildman–Crippen MR) is 92.8 cm³/mol. The number of hydrogen-bond acceptors (Lipinski definition) is 7. The van der Waals surface area contributed by atoms with Gasteiger partial charge in [0.1, 0.15) is 5.01 Å². The summed E-state index contributed by atoms with van der Waals surface area (Å²) < 4.78 is 11.8. The van der Waals surface area contributed by atoms with Crippen molar-refractivity contribution in [3.05, 3.63) is 23.2 Å². The van der Waals surface area contributed by atoms with Crippen molar-refractivity contribution in [2.45, 2.75) is 25.1 Å². The molecule has 1 heterocycles. The number of thioether (sulfide) groups is 1. The molecule has 0 unspecified atom stereocenters. The summed E-state index contributed by atoms with van der Waals surface area (Å²) in [6.45, 7) is 6.80. The van der Waals surface area contributed by atoms with Crippen molar-refractivity contribution < 1.29 is 14.3 Å². The minimum absolute atomic E-state index is 0.102. The van der Waals surface area contributed by atoms with Gasteiger partial charge in [-0.15, -0.1) is 10.2 Å². The largest absolute Gasteiger partial charge is 0.490 e. The summed E-state index contributed by atoms with van der Waals surface area (Å²) in [6, 6.07) is 5.36. The van der Waals surface area contributed by atoms with E-state index in [1.54, 1.807) is 18.2 Å². The van der Waals surface area contributed by atoms with Crippen molar-refractivity contribution in [1.29, 1.82) is 0 Å². The second-order valence-corrected chi connectivity index (χ2v) is 6.86. The molecule has 6 nitrogen and oxygen atoms in total. The molecule has 0 aliphatic carbocycles. The summed E-state index contributed by atoms with van der Waals surface area (Å²) in [6.07, 6.45) is 0. The Labute approximate surface area is 143 Å². The molecule has 0 radical (unpaired) electrons. The number of rotatable bonds is 8. The van der Waals surface area contributed by atoms with Gasteiger partial charge in [0.2, 0.25) is 5.91 Å². The minimum atomic E-state index is -0.102. The van der Waals surface area contributed by atoms with Crippen LogP contribution in [0.1, 0.15) is 18.9 Å². The molecule has 23 heavy (non-hydrogen) atoms. The van der Waals surface area contributed by atoms with Gasteiger partial charge in [0.15, 0.2) is 15.8 Å². The zero-order valence-electron chi connectivity index (χ0n) is 13.3. The molecule has 0 saturated carbocycles. The number of amides is 1. The average Bonchev–Trinajstić information content (AvgIpc) is 2.94. The summed E-state index contributed by atoms with van der Waals surface area (Å²) in [7, 11) is 0. The Hall–Kier alpha value is -1.80. The molecule has 2 aromatic rings. The Morgan fingerprint density at radius 1 is 1.22 bits per heavy atom. The number of nitrogens with one attached hydrogen (secondary N) is 1. The standard InChI is InChI=1S/C15H19N3O3S2/c1-4-20-12-7-6-11(8-13(12)21-5-2)16-14(19)9-22-15-18-17-10(3)23-15/h6-8H,4-5,9H2,1-3H3,(H,16,19). The van der Waals surface area contributed by atoms with Crippen LogP contribution < -0.4 is 14.8 Å². The average molecular weight is 353 g/mol. The van der Waals surface area contributed by atoms with Gasteiger partial charge in [-0.3, -0.25) is 4.79 Å². The Morgan fingerprint density at radius 3 is 2.61 bits per heavy atom. The van der Waals surface area contributed by atoms with Crippen molar-refractivity contribution in [3.63, 3.8) is 0 Å². The highest BCUT2D eigenvalue weighted by atomic mass is 32.2. The zero-order chi connectivity index (χ0) is 16.7. The van der Waals surface area contributed by atoms with Crippen LogP contribution in [0.25, 0.3) is 0 Å². The number of carbonyl (C=O) groups is 1. The summed E-state index contributed by atoms with van der Waals surface area (Å²) in [5.74, 6) is 1.48. The van der Waals surface area contributed by atoms with E-state index in [1.807, 2.05) is 20.8 Å². The smallest absolute Gasteiger partial charge is 0.234 e. The van der Waals surface area contributed by atoms with E-state index in [2.05, 4.69) is 15.5 Å². The minimum Gasteiger partial charge on any atom is -0.490 e. The molecule has 8 heteroatoms. The van der Waals surface area contributed by atoms with Crippen molar-refractivity contribution in [2.24, 2.45) is 0 Å². The van der Waals surface area contributed by atoms with Gasteiger partial charge < -0.3 is 14.8 Å². The van der Waals surface area contributed by atoms with E-state index in [-0.39, 0.29) is 11.7 Å². The first-order valence-corrected chi connectivity index (χ1v) is 9.05. The molecule has 0 aliphatic heterocycles. The SMILES string of the molecule is CCOc1ccc(NC(=O)CSc2nnc(C)s2)cc1OCC. The van der Waals surface area contributed by atoms with E-state index in [9.17, 15) is 4.79 Å². The Bertz CT molecular complexity index is 661. The molecule has 0 bridgehead atoms. The van der Waals surface area contributed by atoms with Gasteiger partial charge in [0, 0.05) is 11.8 Å². The summed E-state index contributed by atoms with van der Waals surface area (Å²) >= 11 is 2.85. The fourth-order valence-electron chi connectivity index (χ4n) is 1.79. The van der Waals surface area contributed by atoms with Crippen molar-refractivity contribution in [3.8, 4) is 11.5 Å². The fourth-order valence-corrected chi connectivity index (χ4v) is 3.41. The third-order valence-corrected chi connectivity index (χ3v) is 4.63. The molecule has 1 aromatic heterocycles. The lowest BCUT2D eigenvalue weighted by Gasteiger charge is -2.12. The molecular weight excluding hydrogens is 334 g/mol. The van der Waals surface area contributed by atoms with Crippen LogP contribution in [0.15, 0.2) is 22.5 Å². The third kappa shape index (κ3) is 5.40. The second kappa shape index (κ2) is 8.73. The van der Waals surface area contributed by atoms with Crippen molar-refractivity contribution in [2.75, 3.05) is 24.3 Å². The van der Waals surface area contributed by atoms with Crippen LogP contribution >= 0.6 is 23.1 Å². The van der Waals surface area contributed by atoms with E-state index in [0.717, 1.165) is 9.35 Å². The molecular formula is C15H19N3O3S2. The van der Waals surface area contributed by atoms with E-state index < -0.39 is 0 Å². The van der Waals surface area contributed by atoms with Gasteiger partial charge in [-0.25, -0.2) is 0 Å². The number of ether oxygens (including phenoxy) is 2. The maximum absolute atomic E-state index is 12.0. The zero-order valence-corrected chi connectivity index (χ0v) is 14.9. The van der Waals surface area contributed by atoms with Crippen LogP contribution in [0.5, 0.6) is 11.5 Å². The topological polar surface area (TPSA) is 73.3 Å². The molecule has 1 aromatic carbocycles. The van der Waals surface area contributed by atoms with E-state index in [1.165, 1.54) is 23.1 Å². The van der Waals surface area contributed by atoms with Crippen LogP contribution in [-0.2, 0) is 4.79 Å². The van der Waals surface area contributed by atoms with Crippen molar-refractivity contribution >= 4 is 34.7 Å². The number of nitrogens with zero attached hydrogens (tertiary/aromatic N) is 2. The number of carbonyl (C=O) groups excluding carboxylic acids is 1. The van der Waals surface area contributed by atoms with Crippen LogP contribution in [-0.4, -0.2) is 35.1 Å². The highest BCUT2D eigenvalue weighted by Crippen LogP contribution is 2.31. The maximum Gasteiger partial charge on any atom is 0.234 e. The monoisotopic (exact) mass is 353 g/mol. The highest BCUT2D eigenvalue weighted by molar-refractivity contribution is 8.01. The second-order valence-electron chi connectivity index (χ2n) is 4.45. The van der Waals surface area contributed by atoms with Gasteiger partial charge in [-0.05, 0) is 32.9 Å². The third-order valence-electron chi connectivity index (χ3n) is 2.66. The number of aryl methyl sites for hydroxylation is 1. The predicted octanol–water partition coefficient (Wildman–Crippen LogP) is 3.37. The van der Waals surface area contributed by atoms with Gasteiger partial charge >= 0.3 is 0 Å². The van der Waals surface area contributed by atoms with Gasteiger partial charge in [-0.1, -0.05) is 23.1 Å². The van der Waals surface area contributed by atoms with E-state index >= 15 is 0 Å². The fraction of sp³-hybridized carbons (Fsp3) is 0.400. The summed E-state index contributed by atoms with van der Waals surface area (Å²) in [5, 5.41) is 11.6. The Balaban J connectivity index is 1.95. The van der Waals surface area contributed by atoms with Crippen LogP contribution in [0, 0.1) is 6.92 Å². The number of aromatic nitrogens is 2. The van der Waals surface area contributed by atoms with Crippen LogP contribution in [0.3, 0.4) is 0 Å². The summed E-state index contributed by atoms with van der Waals surface area (Å²) in [5.41, 5.74) is 0.677. The Kier molecular flexibility index (Phi) is 6.66. The van der Waals surface area contributed by atoms with Gasteiger partial charge in [0.25, 0.3) is 0 Å². The normalized spacial score (nSPS) is 10.4. The van der Waals surface area contributed by atoms with E-state index in [0.29, 0.717) is 30.4 Å². The molecule has 0 aliphatic rings. The van der Waals surface area contributed by atoms with E-state index in [4.69, 9.17) is 9.47 Å². The number of hydrogen-bond donors (Lipinski definition) is 1. The molecule has 0 atom stereocenters. The first kappa shape index (κ1) is 17.6. The van der Waals surface area contributed by atoms with Gasteiger partial charge in [-0.2, -0.15) is 0 Å². The maximum atomic E-state index is 12.0. The highest BCUT2D eigenvalue weighted by Gasteiger charge is 2.10. The number of anilines is 1. The molecule has 124 valence electrons. The quantitative estimate of drug-likeness (QED) is 0.734. The van der Waals surface area contributed by atoms with Crippen molar-refractivity contribution in [1.82, 2.24) is 10.2 Å². The molecule has 1 N–H and O–H groups in total. The lowest BCUT2D eigenvalue weighted by molar-refractivity contribution is -0.113. The number of benzene rings is 1. The first-order chi connectivity index (χ1) is 11.1. The van der Waals surface area contributed by atoms with Gasteiger partial charge in [0.05, 0.1) is 19.0 Å². The first-order valence-electron chi connectivity index (χ1n) is 7.24. The lowest BCUT2D eigenvalue weighted by Crippen LogP contribution is -2.14. The molecule has 1 amide bonds. The Morgan fingerprint density at radius 2 is 1.96 bits per heavy atom. The lowest BCUT2D eigenvalue weighted by atomic mass is 10.2. The molecule has 2 rings (SSSR count).